The van der Waals surface area contributed by atoms with Gasteiger partial charge >= 0.3 is 0 Å². The van der Waals surface area contributed by atoms with Gasteiger partial charge in [-0.2, -0.15) is 0 Å². The summed E-state index contributed by atoms with van der Waals surface area (Å²) < 4.78 is 0. The third kappa shape index (κ3) is 8.20. The second-order valence-electron chi connectivity index (χ2n) is 5.68. The van der Waals surface area contributed by atoms with E-state index in [1.54, 1.807) is 0 Å². The maximum atomic E-state index is 5.64. The zero-order chi connectivity index (χ0) is 16.3. The van der Waals surface area contributed by atoms with Gasteiger partial charge in [-0.3, -0.25) is 5.32 Å². The Morgan fingerprint density at radius 2 is 1.90 bits per heavy atom. The number of rotatable bonds is 10. The summed E-state index contributed by atoms with van der Waals surface area (Å²) in [6.45, 7) is 11.4. The molecule has 0 spiro atoms. The predicted molar refractivity (Wildman–Crippen MR) is 95.2 cm³/mol. The standard InChI is InChI=1S/C18H35N3/c1-7-14(3)17(15(4)12-13-19)10-9-11-18(20-6)21-16(5)8-2/h7,9-10,12,16-18,20-21H,8,11,13,19H2,1-6H3. The van der Waals surface area contributed by atoms with Crippen LogP contribution in [0.5, 0.6) is 0 Å². The van der Waals surface area contributed by atoms with E-state index in [1.807, 2.05) is 7.05 Å². The van der Waals surface area contributed by atoms with E-state index in [1.165, 1.54) is 11.1 Å². The van der Waals surface area contributed by atoms with Crippen molar-refractivity contribution in [2.24, 2.45) is 11.7 Å². The Morgan fingerprint density at radius 3 is 2.38 bits per heavy atom. The fraction of sp³-hybridized carbons (Fsp3) is 0.667. The van der Waals surface area contributed by atoms with Crippen LogP contribution in [0.15, 0.2) is 35.5 Å². The van der Waals surface area contributed by atoms with Gasteiger partial charge in [0.15, 0.2) is 0 Å². The Hall–Kier alpha value is -0.900. The largest absolute Gasteiger partial charge is 0.327 e. The smallest absolute Gasteiger partial charge is 0.0606 e. The highest BCUT2D eigenvalue weighted by molar-refractivity contribution is 5.24. The van der Waals surface area contributed by atoms with E-state index in [0.29, 0.717) is 24.7 Å². The van der Waals surface area contributed by atoms with Crippen LogP contribution in [0.1, 0.15) is 47.5 Å². The summed E-state index contributed by atoms with van der Waals surface area (Å²) in [7, 11) is 2.00. The van der Waals surface area contributed by atoms with E-state index >= 15 is 0 Å². The Balaban J connectivity index is 4.73. The van der Waals surface area contributed by atoms with E-state index in [2.05, 4.69) is 69.6 Å². The molecule has 3 heteroatoms. The first-order valence-corrected chi connectivity index (χ1v) is 8.09. The van der Waals surface area contributed by atoms with Gasteiger partial charge in [-0.1, -0.05) is 42.4 Å². The second-order valence-corrected chi connectivity index (χ2v) is 5.68. The van der Waals surface area contributed by atoms with Crippen molar-refractivity contribution in [1.29, 1.82) is 0 Å². The van der Waals surface area contributed by atoms with E-state index in [0.717, 1.165) is 12.8 Å². The van der Waals surface area contributed by atoms with Gasteiger partial charge < -0.3 is 11.1 Å². The van der Waals surface area contributed by atoms with Crippen LogP contribution in [0.2, 0.25) is 0 Å². The van der Waals surface area contributed by atoms with Crippen molar-refractivity contribution in [3.8, 4) is 0 Å². The van der Waals surface area contributed by atoms with Crippen molar-refractivity contribution < 1.29 is 0 Å². The summed E-state index contributed by atoms with van der Waals surface area (Å²) in [5.41, 5.74) is 8.32. The molecule has 3 atom stereocenters. The van der Waals surface area contributed by atoms with Gasteiger partial charge in [-0.15, -0.1) is 0 Å². The summed E-state index contributed by atoms with van der Waals surface area (Å²) in [5, 5.41) is 6.90. The molecule has 0 saturated heterocycles. The lowest BCUT2D eigenvalue weighted by Crippen LogP contribution is -2.44. The van der Waals surface area contributed by atoms with Crippen molar-refractivity contribution in [2.45, 2.75) is 59.7 Å². The molecule has 0 aliphatic heterocycles. The average Bonchev–Trinajstić information content (AvgIpc) is 2.49. The minimum atomic E-state index is 0.321. The number of hydrogen-bond donors (Lipinski definition) is 3. The molecule has 0 bridgehead atoms. The van der Waals surface area contributed by atoms with Gasteiger partial charge in [0, 0.05) is 18.5 Å². The Labute approximate surface area is 131 Å². The summed E-state index contributed by atoms with van der Waals surface area (Å²) in [6, 6.07) is 0.530. The molecule has 0 radical (unpaired) electrons. The first kappa shape index (κ1) is 20.1. The minimum Gasteiger partial charge on any atom is -0.327 e. The van der Waals surface area contributed by atoms with Crippen LogP contribution in [0.25, 0.3) is 0 Å². The van der Waals surface area contributed by atoms with Gasteiger partial charge in [0.2, 0.25) is 0 Å². The zero-order valence-corrected chi connectivity index (χ0v) is 14.7. The van der Waals surface area contributed by atoms with E-state index in [9.17, 15) is 0 Å². The van der Waals surface area contributed by atoms with Crippen molar-refractivity contribution in [3.63, 3.8) is 0 Å². The van der Waals surface area contributed by atoms with Crippen LogP contribution in [-0.2, 0) is 0 Å². The van der Waals surface area contributed by atoms with Crippen molar-refractivity contribution in [3.05, 3.63) is 35.5 Å². The fourth-order valence-corrected chi connectivity index (χ4v) is 2.24. The minimum absolute atomic E-state index is 0.321. The number of hydrogen-bond acceptors (Lipinski definition) is 3. The Morgan fingerprint density at radius 1 is 1.24 bits per heavy atom. The zero-order valence-electron chi connectivity index (χ0n) is 14.7. The molecule has 0 aromatic rings. The topological polar surface area (TPSA) is 50.1 Å². The van der Waals surface area contributed by atoms with Gasteiger partial charge in [0.25, 0.3) is 0 Å². The molecular weight excluding hydrogens is 258 g/mol. The molecule has 0 heterocycles. The van der Waals surface area contributed by atoms with Crippen LogP contribution in [0, 0.1) is 5.92 Å². The molecule has 0 aliphatic rings. The normalized spacial score (nSPS) is 18.0. The molecule has 21 heavy (non-hydrogen) atoms. The van der Waals surface area contributed by atoms with Gasteiger partial charge in [0.1, 0.15) is 0 Å². The van der Waals surface area contributed by atoms with Crippen molar-refractivity contribution >= 4 is 0 Å². The molecule has 3 nitrogen and oxygen atoms in total. The highest BCUT2D eigenvalue weighted by Gasteiger charge is 2.10. The number of nitrogens with two attached hydrogens (primary N) is 1. The first-order valence-electron chi connectivity index (χ1n) is 8.09. The quantitative estimate of drug-likeness (QED) is 0.428. The van der Waals surface area contributed by atoms with Crippen LogP contribution in [-0.4, -0.2) is 25.8 Å². The third-order valence-electron chi connectivity index (χ3n) is 4.02. The summed E-state index contributed by atoms with van der Waals surface area (Å²) >= 11 is 0. The fourth-order valence-electron chi connectivity index (χ4n) is 2.24. The van der Waals surface area contributed by atoms with E-state index in [-0.39, 0.29) is 0 Å². The van der Waals surface area contributed by atoms with Gasteiger partial charge in [-0.05, 0) is 47.6 Å². The molecule has 0 saturated carbocycles. The molecule has 0 aromatic heterocycles. The summed E-state index contributed by atoms with van der Waals surface area (Å²) in [4.78, 5) is 0. The molecule has 0 rings (SSSR count). The molecule has 0 aromatic carbocycles. The first-order chi connectivity index (χ1) is 9.99. The Kier molecular flexibility index (Phi) is 11.2. The van der Waals surface area contributed by atoms with Crippen LogP contribution in [0.4, 0.5) is 0 Å². The average molecular weight is 293 g/mol. The SMILES string of the molecule is CC=C(C)C(C=CCC(NC)NC(C)CC)C(C)=CCN. The van der Waals surface area contributed by atoms with Crippen molar-refractivity contribution in [2.75, 3.05) is 13.6 Å². The van der Waals surface area contributed by atoms with Crippen molar-refractivity contribution in [1.82, 2.24) is 10.6 Å². The van der Waals surface area contributed by atoms with Crippen LogP contribution < -0.4 is 16.4 Å². The lowest BCUT2D eigenvalue weighted by atomic mass is 9.91. The van der Waals surface area contributed by atoms with Gasteiger partial charge in [0.05, 0.1) is 6.17 Å². The van der Waals surface area contributed by atoms with Gasteiger partial charge in [-0.25, -0.2) is 0 Å². The summed E-state index contributed by atoms with van der Waals surface area (Å²) in [5.74, 6) is 0.361. The molecule has 0 amide bonds. The summed E-state index contributed by atoms with van der Waals surface area (Å²) in [6.07, 6.45) is 11.3. The predicted octanol–water partition coefficient (Wildman–Crippen LogP) is 3.35. The molecule has 0 fully saturated rings. The molecule has 122 valence electrons. The maximum Gasteiger partial charge on any atom is 0.0606 e. The monoisotopic (exact) mass is 293 g/mol. The molecule has 0 aliphatic carbocycles. The Bertz CT molecular complexity index is 355. The molecule has 4 N–H and O–H groups in total. The maximum absolute atomic E-state index is 5.64. The number of nitrogens with one attached hydrogen (secondary N) is 2. The highest BCUT2D eigenvalue weighted by atomic mass is 15.1. The van der Waals surface area contributed by atoms with Crippen LogP contribution >= 0.6 is 0 Å². The van der Waals surface area contributed by atoms with E-state index < -0.39 is 0 Å². The number of allylic oxidation sites excluding steroid dienone is 4. The third-order valence-corrected chi connectivity index (χ3v) is 4.02. The van der Waals surface area contributed by atoms with Crippen LogP contribution in [0.3, 0.4) is 0 Å². The lowest BCUT2D eigenvalue weighted by molar-refractivity contribution is 0.398. The lowest BCUT2D eigenvalue weighted by Gasteiger charge is -2.21. The molecule has 3 unspecified atom stereocenters. The highest BCUT2D eigenvalue weighted by Crippen LogP contribution is 2.21. The second kappa shape index (κ2) is 11.7. The molecular formula is C18H35N3. The van der Waals surface area contributed by atoms with E-state index in [4.69, 9.17) is 5.73 Å².